The molecule has 0 unspecified atom stereocenters. The molecule has 0 N–H and O–H groups in total. The van der Waals surface area contributed by atoms with E-state index in [0.29, 0.717) is 45.8 Å². The van der Waals surface area contributed by atoms with Crippen LogP contribution < -0.4 is 10.5 Å². The van der Waals surface area contributed by atoms with Crippen LogP contribution in [0.2, 0.25) is 5.02 Å². The van der Waals surface area contributed by atoms with Gasteiger partial charge in [-0.25, -0.2) is 9.59 Å². The van der Waals surface area contributed by atoms with Crippen LogP contribution in [0.4, 0.5) is 5.69 Å². The molecule has 0 aliphatic carbocycles. The van der Waals surface area contributed by atoms with Gasteiger partial charge in [-0.2, -0.15) is 0 Å². The number of rotatable bonds is 4. The van der Waals surface area contributed by atoms with Gasteiger partial charge in [0.25, 0.3) is 0 Å². The summed E-state index contributed by atoms with van der Waals surface area (Å²) in [7, 11) is 0. The van der Waals surface area contributed by atoms with Gasteiger partial charge in [0.1, 0.15) is 12.2 Å². The summed E-state index contributed by atoms with van der Waals surface area (Å²) in [6.07, 6.45) is 1.32. The van der Waals surface area contributed by atoms with Crippen LogP contribution >= 0.6 is 11.6 Å². The Morgan fingerprint density at radius 2 is 2.03 bits per heavy atom. The average Bonchev–Trinajstić information content (AvgIpc) is 3.13. The molecule has 3 aromatic rings. The van der Waals surface area contributed by atoms with Crippen LogP contribution in [-0.2, 0) is 16.1 Å². The van der Waals surface area contributed by atoms with Gasteiger partial charge in [0.05, 0.1) is 5.56 Å². The van der Waals surface area contributed by atoms with Crippen LogP contribution in [0, 0.1) is 6.92 Å². The van der Waals surface area contributed by atoms with E-state index >= 15 is 0 Å². The molecule has 2 heterocycles. The van der Waals surface area contributed by atoms with Gasteiger partial charge >= 0.3 is 11.6 Å². The smallest absolute Gasteiger partial charge is 0.338 e. The number of fused-ring (bicyclic) bond motifs is 1. The number of esters is 1. The SMILES string of the molecule is Cc1cc2oc(=O)cc(COC(=O)c3cccc(N4CCCC4=O)c3)c2cc1Cl. The van der Waals surface area contributed by atoms with Gasteiger partial charge in [0, 0.05) is 40.7 Å². The van der Waals surface area contributed by atoms with Crippen molar-refractivity contribution in [2.24, 2.45) is 0 Å². The molecule has 148 valence electrons. The van der Waals surface area contributed by atoms with Gasteiger partial charge in [-0.3, -0.25) is 4.79 Å². The maximum atomic E-state index is 12.6. The third kappa shape index (κ3) is 3.89. The Labute approximate surface area is 171 Å². The van der Waals surface area contributed by atoms with Crippen LogP contribution in [0.3, 0.4) is 0 Å². The molecule has 1 amide bonds. The number of aryl methyl sites for hydroxylation is 1. The fraction of sp³-hybridized carbons (Fsp3) is 0.227. The predicted octanol–water partition coefficient (Wildman–Crippen LogP) is 4.24. The number of carbonyl (C=O) groups is 2. The highest BCUT2D eigenvalue weighted by atomic mass is 35.5. The first kappa shape index (κ1) is 19.2. The summed E-state index contributed by atoms with van der Waals surface area (Å²) in [5.74, 6) is -0.497. The quantitative estimate of drug-likeness (QED) is 0.474. The molecule has 1 saturated heterocycles. The lowest BCUT2D eigenvalue weighted by Gasteiger charge is -2.16. The van der Waals surface area contributed by atoms with E-state index in [0.717, 1.165) is 12.0 Å². The lowest BCUT2D eigenvalue weighted by atomic mass is 10.1. The Hall–Kier alpha value is -3.12. The largest absolute Gasteiger partial charge is 0.457 e. The van der Waals surface area contributed by atoms with E-state index in [1.54, 1.807) is 41.3 Å². The lowest BCUT2D eigenvalue weighted by molar-refractivity contribution is -0.117. The highest BCUT2D eigenvalue weighted by molar-refractivity contribution is 6.32. The zero-order valence-corrected chi connectivity index (χ0v) is 16.5. The Balaban J connectivity index is 1.57. The van der Waals surface area contributed by atoms with Crippen molar-refractivity contribution in [1.82, 2.24) is 0 Å². The van der Waals surface area contributed by atoms with Crippen LogP contribution in [0.15, 0.2) is 51.7 Å². The van der Waals surface area contributed by atoms with Crippen molar-refractivity contribution in [3.8, 4) is 0 Å². The van der Waals surface area contributed by atoms with E-state index in [1.807, 2.05) is 6.92 Å². The fourth-order valence-electron chi connectivity index (χ4n) is 3.42. The van der Waals surface area contributed by atoms with E-state index in [1.165, 1.54) is 6.07 Å². The van der Waals surface area contributed by atoms with E-state index in [2.05, 4.69) is 0 Å². The molecule has 4 rings (SSSR count). The second-order valence-electron chi connectivity index (χ2n) is 6.96. The number of hydrogen-bond donors (Lipinski definition) is 0. The Bertz CT molecular complexity index is 1180. The third-order valence-corrected chi connectivity index (χ3v) is 5.34. The summed E-state index contributed by atoms with van der Waals surface area (Å²) in [6, 6.07) is 11.4. The van der Waals surface area contributed by atoms with Crippen molar-refractivity contribution in [2.45, 2.75) is 26.4 Å². The molecule has 6 nitrogen and oxygen atoms in total. The molecule has 1 aromatic heterocycles. The van der Waals surface area contributed by atoms with Gasteiger partial charge < -0.3 is 14.1 Å². The van der Waals surface area contributed by atoms with Crippen LogP contribution in [0.1, 0.15) is 34.3 Å². The zero-order valence-electron chi connectivity index (χ0n) is 15.7. The third-order valence-electron chi connectivity index (χ3n) is 4.94. The first-order chi connectivity index (χ1) is 13.9. The summed E-state index contributed by atoms with van der Waals surface area (Å²) in [6.45, 7) is 2.35. The van der Waals surface area contributed by atoms with Gasteiger partial charge in [-0.1, -0.05) is 17.7 Å². The molecule has 2 aromatic carbocycles. The number of carbonyl (C=O) groups excluding carboxylic acids is 2. The predicted molar refractivity (Wildman–Crippen MR) is 109 cm³/mol. The molecule has 0 radical (unpaired) electrons. The molecule has 1 fully saturated rings. The first-order valence-electron chi connectivity index (χ1n) is 9.23. The van der Waals surface area contributed by atoms with Gasteiger partial charge in [-0.15, -0.1) is 0 Å². The highest BCUT2D eigenvalue weighted by Crippen LogP contribution is 2.26. The van der Waals surface area contributed by atoms with E-state index in [4.69, 9.17) is 20.8 Å². The number of anilines is 1. The zero-order chi connectivity index (χ0) is 20.5. The number of nitrogens with zero attached hydrogens (tertiary/aromatic N) is 1. The van der Waals surface area contributed by atoms with Gasteiger partial charge in [0.15, 0.2) is 0 Å². The van der Waals surface area contributed by atoms with Crippen molar-refractivity contribution in [1.29, 1.82) is 0 Å². The fourth-order valence-corrected chi connectivity index (χ4v) is 3.58. The van der Waals surface area contributed by atoms with Crippen molar-refractivity contribution >= 4 is 40.1 Å². The summed E-state index contributed by atoms with van der Waals surface area (Å²) in [5.41, 5.74) is 2.17. The summed E-state index contributed by atoms with van der Waals surface area (Å²) in [4.78, 5) is 38.0. The van der Waals surface area contributed by atoms with E-state index in [-0.39, 0.29) is 12.5 Å². The minimum absolute atomic E-state index is 0.0465. The monoisotopic (exact) mass is 411 g/mol. The van der Waals surface area contributed by atoms with Crippen LogP contribution in [-0.4, -0.2) is 18.4 Å². The number of hydrogen-bond acceptors (Lipinski definition) is 5. The van der Waals surface area contributed by atoms with Crippen LogP contribution in [0.25, 0.3) is 11.0 Å². The number of ether oxygens (including phenoxy) is 1. The maximum Gasteiger partial charge on any atom is 0.338 e. The second-order valence-corrected chi connectivity index (χ2v) is 7.37. The first-order valence-corrected chi connectivity index (χ1v) is 9.60. The Kier molecular flexibility index (Phi) is 5.11. The van der Waals surface area contributed by atoms with Crippen molar-refractivity contribution in [3.05, 3.63) is 74.6 Å². The van der Waals surface area contributed by atoms with E-state index < -0.39 is 11.6 Å². The van der Waals surface area contributed by atoms with Crippen LogP contribution in [0.5, 0.6) is 0 Å². The minimum Gasteiger partial charge on any atom is -0.457 e. The average molecular weight is 412 g/mol. The Morgan fingerprint density at radius 3 is 2.79 bits per heavy atom. The molecule has 29 heavy (non-hydrogen) atoms. The van der Waals surface area contributed by atoms with Crippen molar-refractivity contribution in [2.75, 3.05) is 11.4 Å². The molecular weight excluding hydrogens is 394 g/mol. The summed E-state index contributed by atoms with van der Waals surface area (Å²) in [5, 5.41) is 1.14. The Morgan fingerprint density at radius 1 is 1.21 bits per heavy atom. The molecule has 0 spiro atoms. The van der Waals surface area contributed by atoms with Crippen molar-refractivity contribution < 1.29 is 18.7 Å². The number of amides is 1. The molecule has 0 bridgehead atoms. The maximum absolute atomic E-state index is 12.6. The molecule has 1 aliphatic heterocycles. The molecule has 0 atom stereocenters. The van der Waals surface area contributed by atoms with Crippen molar-refractivity contribution in [3.63, 3.8) is 0 Å². The molecule has 0 saturated carbocycles. The molecule has 7 heteroatoms. The van der Waals surface area contributed by atoms with Gasteiger partial charge in [0.2, 0.25) is 5.91 Å². The molecular formula is C22H18ClNO5. The summed E-state index contributed by atoms with van der Waals surface area (Å²) >= 11 is 6.19. The minimum atomic E-state index is -0.543. The topological polar surface area (TPSA) is 76.8 Å². The van der Waals surface area contributed by atoms with E-state index in [9.17, 15) is 14.4 Å². The normalized spacial score (nSPS) is 13.9. The highest BCUT2D eigenvalue weighted by Gasteiger charge is 2.22. The lowest BCUT2D eigenvalue weighted by Crippen LogP contribution is -2.23. The number of benzene rings is 2. The molecule has 1 aliphatic rings. The standard InChI is InChI=1S/C22H18ClNO5/c1-13-8-19-17(11-18(13)23)15(10-21(26)29-19)12-28-22(27)14-4-2-5-16(9-14)24-7-3-6-20(24)25/h2,4-5,8-11H,3,6-7,12H2,1H3. The van der Waals surface area contributed by atoms with Gasteiger partial charge in [-0.05, 0) is 49.2 Å². The second kappa shape index (κ2) is 7.72. The summed E-state index contributed by atoms with van der Waals surface area (Å²) < 4.78 is 10.6. The number of halogens is 1.